The lowest BCUT2D eigenvalue weighted by molar-refractivity contribution is 0.127. The number of nitrogens with zero attached hydrogens (tertiary/aromatic N) is 2. The van der Waals surface area contributed by atoms with Gasteiger partial charge >= 0.3 is 0 Å². The largest absolute Gasteiger partial charge is 0.507 e. The van der Waals surface area contributed by atoms with E-state index in [1.54, 1.807) is 0 Å². The molecular weight excluding hydrogens is 560 g/mol. The van der Waals surface area contributed by atoms with Crippen molar-refractivity contribution in [3.8, 4) is 11.5 Å². The van der Waals surface area contributed by atoms with Gasteiger partial charge in [-0.3, -0.25) is 10.7 Å². The standard InChI is InChI=1S/C37H66N6O2/c1-8-13-33-35(27-42-21-23-43(38)24-22-42)36(44)34(26-40-19-20-41-28-39-7)32(6)37(33)45-25-10-9-15-30(4)17-12-18-31(5)16-11-14-29(2)3/h14-15,18,39-41,44H,8-13,16-17,19-28,38H2,1-7H3/b30-15+,31-18+. The number of unbranched alkanes of at least 4 members (excludes halogenated alkanes) is 1. The highest BCUT2D eigenvalue weighted by Gasteiger charge is 2.25. The van der Waals surface area contributed by atoms with Gasteiger partial charge in [-0.15, -0.1) is 0 Å². The highest BCUT2D eigenvalue weighted by Crippen LogP contribution is 2.40. The number of rotatable bonds is 22. The average molecular weight is 627 g/mol. The maximum atomic E-state index is 11.7. The molecular formula is C37H66N6O2. The first kappa shape index (κ1) is 39.0. The van der Waals surface area contributed by atoms with Crippen LogP contribution in [0.25, 0.3) is 0 Å². The van der Waals surface area contributed by atoms with Crippen molar-refractivity contribution in [3.05, 3.63) is 57.2 Å². The van der Waals surface area contributed by atoms with Crippen LogP contribution in [0.4, 0.5) is 0 Å². The summed E-state index contributed by atoms with van der Waals surface area (Å²) in [4.78, 5) is 2.41. The molecule has 1 aromatic carbocycles. The number of ether oxygens (including phenoxy) is 1. The first-order valence-electron chi connectivity index (χ1n) is 17.4. The van der Waals surface area contributed by atoms with Crippen molar-refractivity contribution >= 4 is 0 Å². The van der Waals surface area contributed by atoms with E-state index >= 15 is 0 Å². The SMILES string of the molecule is CCCc1c(CN2CCN(N)CC2)c(O)c(CNCCNCNC)c(C)c1OCCC/C=C(\C)CC/C=C(\C)CCC=C(C)C. The monoisotopic (exact) mass is 627 g/mol. The van der Waals surface area contributed by atoms with Crippen molar-refractivity contribution in [2.75, 3.05) is 59.6 Å². The second-order valence-electron chi connectivity index (χ2n) is 13.0. The van der Waals surface area contributed by atoms with Gasteiger partial charge in [0, 0.05) is 75.7 Å². The van der Waals surface area contributed by atoms with E-state index in [4.69, 9.17) is 10.6 Å². The number of phenols is 1. The van der Waals surface area contributed by atoms with Crippen LogP contribution in [0, 0.1) is 6.92 Å². The van der Waals surface area contributed by atoms with Crippen LogP contribution in [0.15, 0.2) is 34.9 Å². The van der Waals surface area contributed by atoms with E-state index in [0.717, 1.165) is 120 Å². The normalized spacial score (nSPS) is 15.1. The van der Waals surface area contributed by atoms with Gasteiger partial charge in [-0.25, -0.2) is 5.01 Å². The molecule has 0 atom stereocenters. The molecule has 1 aliphatic heterocycles. The number of benzene rings is 1. The minimum Gasteiger partial charge on any atom is -0.507 e. The predicted octanol–water partition coefficient (Wildman–Crippen LogP) is 6.08. The van der Waals surface area contributed by atoms with E-state index in [-0.39, 0.29) is 0 Å². The molecule has 1 heterocycles. The molecule has 0 spiro atoms. The molecule has 0 amide bonds. The van der Waals surface area contributed by atoms with Gasteiger partial charge in [-0.05, 0) is 92.2 Å². The van der Waals surface area contributed by atoms with Crippen LogP contribution in [0.2, 0.25) is 0 Å². The maximum absolute atomic E-state index is 11.7. The summed E-state index contributed by atoms with van der Waals surface area (Å²) in [6.07, 6.45) is 15.5. The van der Waals surface area contributed by atoms with Crippen molar-refractivity contribution in [2.24, 2.45) is 5.84 Å². The topological polar surface area (TPSA) is 98.1 Å². The summed E-state index contributed by atoms with van der Waals surface area (Å²) in [7, 11) is 1.93. The smallest absolute Gasteiger partial charge is 0.126 e. The van der Waals surface area contributed by atoms with Crippen LogP contribution >= 0.6 is 0 Å². The Morgan fingerprint density at radius 1 is 0.889 bits per heavy atom. The Balaban J connectivity index is 2.09. The van der Waals surface area contributed by atoms with E-state index < -0.39 is 0 Å². The number of piperazine rings is 1. The third-order valence-electron chi connectivity index (χ3n) is 8.58. The van der Waals surface area contributed by atoms with Gasteiger partial charge in [0.05, 0.1) is 6.61 Å². The molecule has 8 nitrogen and oxygen atoms in total. The number of nitrogens with one attached hydrogen (secondary N) is 3. The van der Waals surface area contributed by atoms with Gasteiger partial charge in [-0.1, -0.05) is 48.3 Å². The van der Waals surface area contributed by atoms with Crippen LogP contribution in [0.5, 0.6) is 11.5 Å². The minimum absolute atomic E-state index is 0.425. The molecule has 0 saturated carbocycles. The average Bonchev–Trinajstić information content (AvgIpc) is 3.00. The van der Waals surface area contributed by atoms with Crippen molar-refractivity contribution in [1.82, 2.24) is 25.9 Å². The van der Waals surface area contributed by atoms with Gasteiger partial charge in [-0.2, -0.15) is 0 Å². The number of hydrazine groups is 1. The van der Waals surface area contributed by atoms with E-state index in [2.05, 4.69) is 80.6 Å². The lowest BCUT2D eigenvalue weighted by Crippen LogP contribution is -2.49. The zero-order valence-electron chi connectivity index (χ0n) is 29.8. The number of allylic oxidation sites excluding steroid dienone is 6. The Hall–Kier alpha value is -2.20. The van der Waals surface area contributed by atoms with E-state index in [1.807, 2.05) is 12.1 Å². The summed E-state index contributed by atoms with van der Waals surface area (Å²) < 4.78 is 6.62. The number of phenolic OH excluding ortho intramolecular Hbond substituents is 1. The summed E-state index contributed by atoms with van der Waals surface area (Å²) >= 11 is 0. The number of hydrogen-bond donors (Lipinski definition) is 5. The van der Waals surface area contributed by atoms with Crippen LogP contribution in [-0.2, 0) is 19.5 Å². The molecule has 1 fully saturated rings. The van der Waals surface area contributed by atoms with Crippen molar-refractivity contribution in [2.45, 2.75) is 106 Å². The Kier molecular flexibility index (Phi) is 19.4. The van der Waals surface area contributed by atoms with E-state index in [9.17, 15) is 5.11 Å². The Bertz CT molecular complexity index is 1090. The Morgan fingerprint density at radius 2 is 1.53 bits per heavy atom. The fourth-order valence-corrected chi connectivity index (χ4v) is 5.79. The van der Waals surface area contributed by atoms with Gasteiger partial charge in [0.2, 0.25) is 0 Å². The fourth-order valence-electron chi connectivity index (χ4n) is 5.79. The summed E-state index contributed by atoms with van der Waals surface area (Å²) in [5.41, 5.74) is 8.53. The third kappa shape index (κ3) is 14.8. The molecule has 1 aliphatic rings. The predicted molar refractivity (Wildman–Crippen MR) is 192 cm³/mol. The Labute approximate surface area is 275 Å². The van der Waals surface area contributed by atoms with E-state index in [0.29, 0.717) is 25.4 Å². The fraction of sp³-hybridized carbons (Fsp3) is 0.676. The summed E-state index contributed by atoms with van der Waals surface area (Å²) in [5, 5.41) is 23.5. The lowest BCUT2D eigenvalue weighted by Gasteiger charge is -2.33. The summed E-state index contributed by atoms with van der Waals surface area (Å²) in [6.45, 7) is 21.1. The lowest BCUT2D eigenvalue weighted by atomic mass is 9.92. The first-order valence-corrected chi connectivity index (χ1v) is 17.4. The number of hydrogen-bond acceptors (Lipinski definition) is 8. The molecule has 1 aromatic rings. The molecule has 0 radical (unpaired) electrons. The molecule has 256 valence electrons. The molecule has 0 aliphatic carbocycles. The minimum atomic E-state index is 0.425. The third-order valence-corrected chi connectivity index (χ3v) is 8.58. The zero-order valence-corrected chi connectivity index (χ0v) is 29.8. The van der Waals surface area contributed by atoms with Gasteiger partial charge in [0.1, 0.15) is 11.5 Å². The maximum Gasteiger partial charge on any atom is 0.126 e. The second-order valence-corrected chi connectivity index (χ2v) is 13.0. The van der Waals surface area contributed by atoms with E-state index in [1.165, 1.54) is 22.3 Å². The molecule has 0 aromatic heterocycles. The van der Waals surface area contributed by atoms with Crippen molar-refractivity contribution < 1.29 is 9.84 Å². The van der Waals surface area contributed by atoms with Crippen LogP contribution < -0.4 is 26.5 Å². The van der Waals surface area contributed by atoms with Crippen molar-refractivity contribution in [3.63, 3.8) is 0 Å². The van der Waals surface area contributed by atoms with Crippen molar-refractivity contribution in [1.29, 1.82) is 0 Å². The second kappa shape index (κ2) is 22.3. The van der Waals surface area contributed by atoms with Gasteiger partial charge in [0.15, 0.2) is 0 Å². The summed E-state index contributed by atoms with van der Waals surface area (Å²) in [6, 6.07) is 0. The summed E-state index contributed by atoms with van der Waals surface area (Å²) in [5.74, 6) is 7.43. The van der Waals surface area contributed by atoms with Gasteiger partial charge in [0.25, 0.3) is 0 Å². The highest BCUT2D eigenvalue weighted by molar-refractivity contribution is 5.58. The molecule has 2 rings (SSSR count). The van der Waals surface area contributed by atoms with Crippen LogP contribution in [0.1, 0.15) is 102 Å². The van der Waals surface area contributed by atoms with Crippen LogP contribution in [-0.4, -0.2) is 74.6 Å². The molecule has 0 unspecified atom stereocenters. The number of nitrogens with two attached hydrogens (primary N) is 1. The molecule has 6 N–H and O–H groups in total. The quantitative estimate of drug-likeness (QED) is 0.0458. The number of aromatic hydroxyl groups is 1. The molecule has 1 saturated heterocycles. The van der Waals surface area contributed by atoms with Crippen LogP contribution in [0.3, 0.4) is 0 Å². The first-order chi connectivity index (χ1) is 21.7. The highest BCUT2D eigenvalue weighted by atomic mass is 16.5. The zero-order chi connectivity index (χ0) is 33.0. The Morgan fingerprint density at radius 3 is 2.18 bits per heavy atom. The molecule has 0 bridgehead atoms. The molecule has 8 heteroatoms. The van der Waals surface area contributed by atoms with Gasteiger partial charge < -0.3 is 25.8 Å². The molecule has 45 heavy (non-hydrogen) atoms.